The van der Waals surface area contributed by atoms with Crippen LogP contribution < -0.4 is 9.47 Å². The average Bonchev–Trinajstić information content (AvgIpc) is 2.96. The standard InChI is InChI=1S/C15H26N2O3S2.C15H25NO3S2/c1-15(2,22-21-4)11-17(3)5-6-20-14-7-12(9-18)16-13(8-14)10-19;1-15(2,21-20-3)6-4-5-7-19-14-8-12(10-17)16-13(9-14)11-18/h7-8,18-19H,5-6,9-11H2,1-4H3;8-9,17-18H,4-7,10-11H2,1-3H3. The van der Waals surface area contributed by atoms with Crippen LogP contribution in [0.3, 0.4) is 0 Å². The number of ether oxygens (including phenoxy) is 2. The van der Waals surface area contributed by atoms with E-state index >= 15 is 0 Å². The second-order valence-corrected chi connectivity index (χ2v) is 17.3. The van der Waals surface area contributed by atoms with Gasteiger partial charge in [0.2, 0.25) is 0 Å². The summed E-state index contributed by atoms with van der Waals surface area (Å²) in [5, 5.41) is 36.6. The van der Waals surface area contributed by atoms with E-state index in [9.17, 15) is 0 Å². The predicted octanol–water partition coefficient (Wildman–Crippen LogP) is 5.57. The molecule has 2 rings (SSSR count). The maximum absolute atomic E-state index is 9.16. The third-order valence-electron chi connectivity index (χ3n) is 5.91. The van der Waals surface area contributed by atoms with Crippen molar-refractivity contribution in [1.82, 2.24) is 14.9 Å². The first kappa shape index (κ1) is 40.1. The smallest absolute Gasteiger partial charge is 0.123 e. The van der Waals surface area contributed by atoms with Crippen molar-refractivity contribution < 1.29 is 29.9 Å². The zero-order chi connectivity index (χ0) is 32.3. The van der Waals surface area contributed by atoms with Crippen LogP contribution in [-0.2, 0) is 26.4 Å². The van der Waals surface area contributed by atoms with Crippen molar-refractivity contribution in [2.24, 2.45) is 0 Å². The predicted molar refractivity (Wildman–Crippen MR) is 185 cm³/mol. The van der Waals surface area contributed by atoms with Crippen molar-refractivity contribution in [2.75, 3.05) is 45.9 Å². The molecule has 9 nitrogen and oxygen atoms in total. The first-order valence-corrected chi connectivity index (χ1v) is 19.3. The quantitative estimate of drug-likeness (QED) is 0.103. The maximum Gasteiger partial charge on any atom is 0.123 e. The van der Waals surface area contributed by atoms with Gasteiger partial charge in [0.1, 0.15) is 18.1 Å². The van der Waals surface area contributed by atoms with Crippen LogP contribution in [0.15, 0.2) is 24.3 Å². The van der Waals surface area contributed by atoms with E-state index in [0.717, 1.165) is 32.4 Å². The van der Waals surface area contributed by atoms with Gasteiger partial charge in [-0.1, -0.05) is 43.2 Å². The van der Waals surface area contributed by atoms with Gasteiger partial charge < -0.3 is 34.8 Å². The summed E-state index contributed by atoms with van der Waals surface area (Å²) in [5.74, 6) is 1.30. The molecule has 0 fully saturated rings. The lowest BCUT2D eigenvalue weighted by Crippen LogP contribution is -2.35. The molecule has 43 heavy (non-hydrogen) atoms. The fourth-order valence-corrected chi connectivity index (χ4v) is 8.66. The van der Waals surface area contributed by atoms with E-state index < -0.39 is 0 Å². The number of likely N-dealkylation sites (N-methyl/N-ethyl adjacent to an activating group) is 1. The highest BCUT2D eigenvalue weighted by Gasteiger charge is 2.20. The van der Waals surface area contributed by atoms with Gasteiger partial charge >= 0.3 is 0 Å². The van der Waals surface area contributed by atoms with Gasteiger partial charge in [-0.3, -0.25) is 9.97 Å². The molecule has 0 aliphatic carbocycles. The number of aromatic nitrogens is 2. The number of rotatable bonds is 20. The SMILES string of the molecule is CSSC(C)(C)CCCCOc1cc(CO)nc(CO)c1.CSSC(C)(C)CN(C)CCOc1cc(CO)nc(CO)c1. The zero-order valence-electron chi connectivity index (χ0n) is 26.7. The summed E-state index contributed by atoms with van der Waals surface area (Å²) in [4.78, 5) is 10.4. The number of aliphatic hydroxyl groups is 4. The van der Waals surface area contributed by atoms with Crippen LogP contribution in [0.2, 0.25) is 0 Å². The summed E-state index contributed by atoms with van der Waals surface area (Å²) >= 11 is 0. The van der Waals surface area contributed by atoms with Crippen LogP contribution in [0.4, 0.5) is 0 Å². The molecule has 0 saturated heterocycles. The number of nitrogens with zero attached hydrogens (tertiary/aromatic N) is 3. The van der Waals surface area contributed by atoms with Crippen LogP contribution in [0.25, 0.3) is 0 Å². The van der Waals surface area contributed by atoms with Gasteiger partial charge in [-0.25, -0.2) is 0 Å². The zero-order valence-corrected chi connectivity index (χ0v) is 29.9. The Kier molecular flexibility index (Phi) is 20.3. The molecule has 246 valence electrons. The Morgan fingerprint density at radius 2 is 1.09 bits per heavy atom. The first-order valence-electron chi connectivity index (χ1n) is 14.2. The summed E-state index contributed by atoms with van der Waals surface area (Å²) in [6.45, 7) is 11.3. The second kappa shape index (κ2) is 21.8. The number of pyridine rings is 2. The Labute approximate surface area is 274 Å². The summed E-state index contributed by atoms with van der Waals surface area (Å²) in [7, 11) is 9.45. The molecule has 0 saturated carbocycles. The molecule has 0 bridgehead atoms. The third-order valence-corrected chi connectivity index (χ3v) is 11.2. The second-order valence-electron chi connectivity index (χ2n) is 11.1. The van der Waals surface area contributed by atoms with Gasteiger partial charge in [0.05, 0.1) is 55.8 Å². The fourth-order valence-electron chi connectivity index (χ4n) is 4.14. The molecule has 0 amide bonds. The Balaban J connectivity index is 0.000000430. The summed E-state index contributed by atoms with van der Waals surface area (Å²) in [6, 6.07) is 6.83. The van der Waals surface area contributed by atoms with E-state index in [2.05, 4.69) is 62.1 Å². The maximum atomic E-state index is 9.16. The van der Waals surface area contributed by atoms with Crippen LogP contribution in [0, 0.1) is 0 Å². The van der Waals surface area contributed by atoms with Gasteiger partial charge in [0.25, 0.3) is 0 Å². The van der Waals surface area contributed by atoms with Crippen LogP contribution >= 0.6 is 43.2 Å². The van der Waals surface area contributed by atoms with E-state index in [0.29, 0.717) is 52.2 Å². The largest absolute Gasteiger partial charge is 0.493 e. The minimum Gasteiger partial charge on any atom is -0.493 e. The van der Waals surface area contributed by atoms with Crippen molar-refractivity contribution >= 4 is 43.2 Å². The van der Waals surface area contributed by atoms with Crippen LogP contribution in [-0.4, -0.2) is 90.7 Å². The molecule has 0 spiro atoms. The normalized spacial score (nSPS) is 11.8. The van der Waals surface area contributed by atoms with Gasteiger partial charge in [0, 0.05) is 46.8 Å². The van der Waals surface area contributed by atoms with Gasteiger partial charge in [-0.15, -0.1) is 0 Å². The molecule has 0 atom stereocenters. The van der Waals surface area contributed by atoms with E-state index in [-0.39, 0.29) is 31.2 Å². The minimum atomic E-state index is -0.163. The lowest BCUT2D eigenvalue weighted by molar-refractivity contribution is 0.226. The molecule has 2 aromatic rings. The highest BCUT2D eigenvalue weighted by molar-refractivity contribution is 8.77. The van der Waals surface area contributed by atoms with Gasteiger partial charge in [-0.05, 0) is 66.5 Å². The lowest BCUT2D eigenvalue weighted by Gasteiger charge is -2.28. The highest BCUT2D eigenvalue weighted by Crippen LogP contribution is 2.37. The van der Waals surface area contributed by atoms with E-state index in [1.54, 1.807) is 35.1 Å². The Hall–Kier alpha value is -0.900. The van der Waals surface area contributed by atoms with E-state index in [1.165, 1.54) is 0 Å². The van der Waals surface area contributed by atoms with Gasteiger partial charge in [-0.2, -0.15) is 0 Å². The molecular weight excluding hydrogens is 627 g/mol. The molecular formula is C30H51N3O6S4. The molecule has 2 heterocycles. The molecule has 0 unspecified atom stereocenters. The number of hydrogen-bond donors (Lipinski definition) is 4. The van der Waals surface area contributed by atoms with Crippen LogP contribution in [0.1, 0.15) is 69.7 Å². The Morgan fingerprint density at radius 1 is 0.674 bits per heavy atom. The number of unbranched alkanes of at least 4 members (excludes halogenated alkanes) is 1. The number of aliphatic hydroxyl groups excluding tert-OH is 4. The molecule has 0 aromatic carbocycles. The van der Waals surface area contributed by atoms with Crippen molar-refractivity contribution in [2.45, 2.75) is 82.9 Å². The topological polar surface area (TPSA) is 128 Å². The Morgan fingerprint density at radius 3 is 1.51 bits per heavy atom. The minimum absolute atomic E-state index is 0.149. The number of hydrogen-bond acceptors (Lipinski definition) is 13. The molecule has 13 heteroatoms. The van der Waals surface area contributed by atoms with Crippen LogP contribution in [0.5, 0.6) is 11.5 Å². The fraction of sp³-hybridized carbons (Fsp3) is 0.667. The van der Waals surface area contributed by atoms with Crippen molar-refractivity contribution in [3.8, 4) is 11.5 Å². The summed E-state index contributed by atoms with van der Waals surface area (Å²) in [5.41, 5.74) is 2.06. The molecule has 4 N–H and O–H groups in total. The monoisotopic (exact) mass is 677 g/mol. The van der Waals surface area contributed by atoms with Gasteiger partial charge in [0.15, 0.2) is 0 Å². The summed E-state index contributed by atoms with van der Waals surface area (Å²) < 4.78 is 11.9. The van der Waals surface area contributed by atoms with E-state index in [4.69, 9.17) is 29.9 Å². The Bertz CT molecular complexity index is 1000. The molecule has 0 radical (unpaired) electrons. The van der Waals surface area contributed by atoms with E-state index in [1.807, 2.05) is 32.4 Å². The van der Waals surface area contributed by atoms with Crippen molar-refractivity contribution in [3.05, 3.63) is 47.0 Å². The molecule has 2 aromatic heterocycles. The summed E-state index contributed by atoms with van der Waals surface area (Å²) in [6.07, 6.45) is 7.46. The van der Waals surface area contributed by atoms with Crippen molar-refractivity contribution in [1.29, 1.82) is 0 Å². The molecule has 0 aliphatic rings. The highest BCUT2D eigenvalue weighted by atomic mass is 33.1. The lowest BCUT2D eigenvalue weighted by atomic mass is 10.1. The molecule has 0 aliphatic heterocycles. The van der Waals surface area contributed by atoms with Crippen molar-refractivity contribution in [3.63, 3.8) is 0 Å². The first-order chi connectivity index (χ1) is 20.4. The average molecular weight is 678 g/mol. The third kappa shape index (κ3) is 18.0.